The molecule has 0 aliphatic heterocycles. The van der Waals surface area contributed by atoms with Crippen molar-refractivity contribution in [1.29, 1.82) is 0 Å². The minimum atomic E-state index is -0.923. The Kier molecular flexibility index (Phi) is 4.71. The van der Waals surface area contributed by atoms with Crippen LogP contribution in [0, 0.1) is 0 Å². The molecular weight excluding hydrogens is 308 g/mol. The third kappa shape index (κ3) is 3.91. The van der Waals surface area contributed by atoms with Crippen LogP contribution < -0.4 is 0 Å². The number of hydrogen-bond acceptors (Lipinski definition) is 2. The fraction of sp³-hybridized carbons (Fsp3) is 0.133. The molecule has 2 rings (SSSR count). The molecule has 2 aromatic rings. The van der Waals surface area contributed by atoms with E-state index in [9.17, 15) is 4.79 Å². The molecule has 98 valence electrons. The Morgan fingerprint density at radius 1 is 1.11 bits per heavy atom. The summed E-state index contributed by atoms with van der Waals surface area (Å²) in [4.78, 5) is 10.8. The first-order valence-corrected chi connectivity index (χ1v) is 6.59. The third-order valence-corrected chi connectivity index (χ3v) is 3.43. The molecule has 0 radical (unpaired) electrons. The van der Waals surface area contributed by atoms with E-state index in [0.717, 1.165) is 15.6 Å². The molecule has 0 aromatic heterocycles. The Morgan fingerprint density at radius 3 is 2.63 bits per heavy atom. The fourth-order valence-electron chi connectivity index (χ4n) is 1.69. The third-order valence-electron chi connectivity index (χ3n) is 2.66. The van der Waals surface area contributed by atoms with Crippen LogP contribution >= 0.6 is 15.9 Å². The quantitative estimate of drug-likeness (QED) is 0.909. The molecule has 4 heteroatoms. The summed E-state index contributed by atoms with van der Waals surface area (Å²) in [6, 6.07) is 14.6. The number of ether oxygens (including phenoxy) is 1. The highest BCUT2D eigenvalue weighted by atomic mass is 79.9. The largest absolute Gasteiger partial charge is 0.478 e. The Balaban J connectivity index is 1.94. The molecule has 0 aliphatic rings. The molecule has 0 fully saturated rings. The van der Waals surface area contributed by atoms with Gasteiger partial charge in [0.1, 0.15) is 0 Å². The lowest BCUT2D eigenvalue weighted by Crippen LogP contribution is -1.99. The van der Waals surface area contributed by atoms with Gasteiger partial charge in [0.25, 0.3) is 0 Å². The van der Waals surface area contributed by atoms with E-state index in [-0.39, 0.29) is 5.56 Å². The lowest BCUT2D eigenvalue weighted by Gasteiger charge is -2.07. The molecule has 0 spiro atoms. The highest BCUT2D eigenvalue weighted by Gasteiger charge is 2.04. The average Bonchev–Trinajstić information content (AvgIpc) is 2.41. The molecule has 2 aromatic carbocycles. The maximum atomic E-state index is 10.8. The Hall–Kier alpha value is -1.65. The standard InChI is InChI=1S/C15H13BrO3/c16-14-7-2-1-5-13(14)10-19-9-11-4-3-6-12(8-11)15(17)18/h1-8H,9-10H2,(H,17,18). The monoisotopic (exact) mass is 320 g/mol. The molecule has 0 bridgehead atoms. The van der Waals surface area contributed by atoms with E-state index in [4.69, 9.17) is 9.84 Å². The van der Waals surface area contributed by atoms with E-state index in [1.807, 2.05) is 30.3 Å². The van der Waals surface area contributed by atoms with Gasteiger partial charge in [-0.15, -0.1) is 0 Å². The Morgan fingerprint density at radius 2 is 1.89 bits per heavy atom. The number of hydrogen-bond donors (Lipinski definition) is 1. The second kappa shape index (κ2) is 6.50. The SMILES string of the molecule is O=C(O)c1cccc(COCc2ccccc2Br)c1. The summed E-state index contributed by atoms with van der Waals surface area (Å²) in [5.41, 5.74) is 2.20. The zero-order chi connectivity index (χ0) is 13.7. The van der Waals surface area contributed by atoms with E-state index >= 15 is 0 Å². The van der Waals surface area contributed by atoms with Crippen LogP contribution in [-0.2, 0) is 18.0 Å². The summed E-state index contributed by atoms with van der Waals surface area (Å²) in [5.74, 6) is -0.923. The van der Waals surface area contributed by atoms with Gasteiger partial charge >= 0.3 is 5.97 Å². The summed E-state index contributed by atoms with van der Waals surface area (Å²) >= 11 is 3.46. The van der Waals surface area contributed by atoms with Crippen molar-refractivity contribution in [3.8, 4) is 0 Å². The van der Waals surface area contributed by atoms with Crippen molar-refractivity contribution in [2.24, 2.45) is 0 Å². The maximum Gasteiger partial charge on any atom is 0.335 e. The van der Waals surface area contributed by atoms with Gasteiger partial charge in [-0.1, -0.05) is 46.3 Å². The van der Waals surface area contributed by atoms with Crippen LogP contribution in [0.1, 0.15) is 21.5 Å². The van der Waals surface area contributed by atoms with E-state index < -0.39 is 5.97 Å². The summed E-state index contributed by atoms with van der Waals surface area (Å²) in [6.07, 6.45) is 0. The van der Waals surface area contributed by atoms with E-state index in [1.165, 1.54) is 0 Å². The van der Waals surface area contributed by atoms with Crippen molar-refractivity contribution in [1.82, 2.24) is 0 Å². The first-order chi connectivity index (χ1) is 9.16. The molecule has 0 aliphatic carbocycles. The van der Waals surface area contributed by atoms with Gasteiger partial charge in [0, 0.05) is 4.47 Å². The number of carboxylic acid groups (broad SMARTS) is 1. The lowest BCUT2D eigenvalue weighted by molar-refractivity contribution is 0.0696. The minimum Gasteiger partial charge on any atom is -0.478 e. The second-order valence-corrected chi connectivity index (χ2v) is 4.94. The number of carbonyl (C=O) groups is 1. The van der Waals surface area contributed by atoms with Gasteiger partial charge in [0.05, 0.1) is 18.8 Å². The van der Waals surface area contributed by atoms with Crippen LogP contribution in [0.4, 0.5) is 0 Å². The zero-order valence-electron chi connectivity index (χ0n) is 10.2. The number of halogens is 1. The van der Waals surface area contributed by atoms with Crippen molar-refractivity contribution in [2.45, 2.75) is 13.2 Å². The van der Waals surface area contributed by atoms with E-state index in [0.29, 0.717) is 13.2 Å². The van der Waals surface area contributed by atoms with Gasteiger partial charge in [0.15, 0.2) is 0 Å². The van der Waals surface area contributed by atoms with Crippen molar-refractivity contribution >= 4 is 21.9 Å². The number of carboxylic acids is 1. The van der Waals surface area contributed by atoms with Crippen LogP contribution in [0.3, 0.4) is 0 Å². The maximum absolute atomic E-state index is 10.8. The molecule has 0 saturated carbocycles. The van der Waals surface area contributed by atoms with Gasteiger partial charge in [-0.05, 0) is 29.3 Å². The Bertz CT molecular complexity index is 581. The molecule has 0 saturated heterocycles. The molecular formula is C15H13BrO3. The van der Waals surface area contributed by atoms with Crippen molar-refractivity contribution in [3.05, 3.63) is 69.7 Å². The predicted molar refractivity (Wildman–Crippen MR) is 76.0 cm³/mol. The number of aromatic carboxylic acids is 1. The molecule has 19 heavy (non-hydrogen) atoms. The average molecular weight is 321 g/mol. The van der Waals surface area contributed by atoms with E-state index in [1.54, 1.807) is 18.2 Å². The Labute approximate surface area is 120 Å². The number of benzene rings is 2. The molecule has 0 amide bonds. The highest BCUT2D eigenvalue weighted by molar-refractivity contribution is 9.10. The van der Waals surface area contributed by atoms with Crippen LogP contribution in [0.15, 0.2) is 53.0 Å². The van der Waals surface area contributed by atoms with Crippen LogP contribution in [0.25, 0.3) is 0 Å². The topological polar surface area (TPSA) is 46.5 Å². The van der Waals surface area contributed by atoms with Gasteiger partial charge in [-0.25, -0.2) is 4.79 Å². The zero-order valence-corrected chi connectivity index (χ0v) is 11.8. The minimum absolute atomic E-state index is 0.280. The first-order valence-electron chi connectivity index (χ1n) is 5.80. The summed E-state index contributed by atoms with van der Waals surface area (Å²) in [5, 5.41) is 8.90. The molecule has 0 unspecified atom stereocenters. The van der Waals surface area contributed by atoms with Crippen molar-refractivity contribution in [3.63, 3.8) is 0 Å². The molecule has 1 N–H and O–H groups in total. The van der Waals surface area contributed by atoms with Gasteiger partial charge in [-0.2, -0.15) is 0 Å². The van der Waals surface area contributed by atoms with E-state index in [2.05, 4.69) is 15.9 Å². The normalized spacial score (nSPS) is 10.4. The number of rotatable bonds is 5. The molecule has 0 atom stereocenters. The predicted octanol–water partition coefficient (Wildman–Crippen LogP) is 3.86. The van der Waals surface area contributed by atoms with Gasteiger partial charge < -0.3 is 9.84 Å². The second-order valence-electron chi connectivity index (χ2n) is 4.09. The van der Waals surface area contributed by atoms with Crippen molar-refractivity contribution in [2.75, 3.05) is 0 Å². The first kappa shape index (κ1) is 13.8. The smallest absolute Gasteiger partial charge is 0.335 e. The summed E-state index contributed by atoms with van der Waals surface area (Å²) in [7, 11) is 0. The van der Waals surface area contributed by atoms with Gasteiger partial charge in [0.2, 0.25) is 0 Å². The highest BCUT2D eigenvalue weighted by Crippen LogP contribution is 2.17. The molecule has 3 nitrogen and oxygen atoms in total. The van der Waals surface area contributed by atoms with Crippen LogP contribution in [0.5, 0.6) is 0 Å². The lowest BCUT2D eigenvalue weighted by atomic mass is 10.1. The van der Waals surface area contributed by atoms with Gasteiger partial charge in [-0.3, -0.25) is 0 Å². The summed E-state index contributed by atoms with van der Waals surface area (Å²) in [6.45, 7) is 0.876. The molecule has 0 heterocycles. The van der Waals surface area contributed by atoms with Crippen LogP contribution in [0.2, 0.25) is 0 Å². The fourth-order valence-corrected chi connectivity index (χ4v) is 2.09. The summed E-state index contributed by atoms with van der Waals surface area (Å²) < 4.78 is 6.61. The van der Waals surface area contributed by atoms with Crippen molar-refractivity contribution < 1.29 is 14.6 Å². The van der Waals surface area contributed by atoms with Crippen LogP contribution in [-0.4, -0.2) is 11.1 Å².